The van der Waals surface area contributed by atoms with Crippen LogP contribution in [0.15, 0.2) is 0 Å². The minimum Gasteiger partial charge on any atom is -0.468 e. The van der Waals surface area contributed by atoms with E-state index in [0.717, 1.165) is 19.3 Å². The first-order chi connectivity index (χ1) is 8.00. The van der Waals surface area contributed by atoms with Crippen molar-refractivity contribution in [2.75, 3.05) is 7.11 Å². The Balaban J connectivity index is 2.87. The highest BCUT2D eigenvalue weighted by Crippen LogP contribution is 2.59. The lowest BCUT2D eigenvalue weighted by atomic mass is 9.49. The van der Waals surface area contributed by atoms with Gasteiger partial charge in [-0.15, -0.1) is 0 Å². The molecular weight excluding hydrogens is 216 g/mol. The molecule has 0 N–H and O–H groups in total. The first kappa shape index (κ1) is 14.2. The number of hydrogen-bond donors (Lipinski definition) is 0. The van der Waals surface area contributed by atoms with Gasteiger partial charge in [0.05, 0.1) is 7.11 Å². The van der Waals surface area contributed by atoms with Crippen molar-refractivity contribution in [1.29, 1.82) is 0 Å². The van der Waals surface area contributed by atoms with E-state index in [1.807, 2.05) is 6.92 Å². The quantitative estimate of drug-likeness (QED) is 0.529. The van der Waals surface area contributed by atoms with Gasteiger partial charge in [0.15, 0.2) is 0 Å². The van der Waals surface area contributed by atoms with Gasteiger partial charge < -0.3 is 4.74 Å². The summed E-state index contributed by atoms with van der Waals surface area (Å²) in [4.78, 5) is 24.1. The summed E-state index contributed by atoms with van der Waals surface area (Å²) in [5, 5.41) is 0. The fourth-order valence-electron chi connectivity index (χ4n) is 3.10. The molecule has 0 atom stereocenters. The minimum atomic E-state index is -0.823. The lowest BCUT2D eigenvalue weighted by molar-refractivity contribution is -0.176. The predicted octanol–water partition coefficient (Wildman–Crippen LogP) is 3.12. The Bertz CT molecular complexity index is 295. The molecule has 1 rings (SSSR count). The molecule has 17 heavy (non-hydrogen) atoms. The Morgan fingerprint density at radius 2 is 1.65 bits per heavy atom. The highest BCUT2D eigenvalue weighted by Gasteiger charge is 2.61. The Morgan fingerprint density at radius 1 is 1.12 bits per heavy atom. The highest BCUT2D eigenvalue weighted by atomic mass is 16.5. The Kier molecular flexibility index (Phi) is 4.34. The molecule has 1 aliphatic rings. The summed E-state index contributed by atoms with van der Waals surface area (Å²) in [5.41, 5.74) is -0.644. The van der Waals surface area contributed by atoms with Gasteiger partial charge in [-0.3, -0.25) is 9.59 Å². The Labute approximate surface area is 104 Å². The number of Topliss-reactive ketones (excluding diaryl/α,β-unsaturated/α-hetero) is 1. The summed E-state index contributed by atoms with van der Waals surface area (Å²) in [6, 6.07) is 0. The summed E-state index contributed by atoms with van der Waals surface area (Å²) in [6.45, 7) is 6.23. The standard InChI is InChI=1S/C14H24O3/c1-5-8-11(15)14(12(16)17-4)9-13(6-2,7-3)10-14/h5-10H2,1-4H3. The lowest BCUT2D eigenvalue weighted by Crippen LogP contribution is -2.56. The number of rotatable bonds is 6. The average molecular weight is 240 g/mol. The van der Waals surface area contributed by atoms with Crippen LogP contribution in [0.2, 0.25) is 0 Å². The zero-order chi connectivity index (χ0) is 13.1. The smallest absolute Gasteiger partial charge is 0.319 e. The first-order valence-electron chi connectivity index (χ1n) is 6.62. The number of hydrogen-bond acceptors (Lipinski definition) is 3. The van der Waals surface area contributed by atoms with Gasteiger partial charge in [-0.05, 0) is 24.7 Å². The van der Waals surface area contributed by atoms with Crippen molar-refractivity contribution in [2.24, 2.45) is 10.8 Å². The van der Waals surface area contributed by atoms with E-state index >= 15 is 0 Å². The number of ether oxygens (including phenoxy) is 1. The van der Waals surface area contributed by atoms with Gasteiger partial charge in [0.2, 0.25) is 0 Å². The fourth-order valence-corrected chi connectivity index (χ4v) is 3.10. The summed E-state index contributed by atoms with van der Waals surface area (Å²) >= 11 is 0. The third kappa shape index (κ3) is 2.24. The topological polar surface area (TPSA) is 43.4 Å². The van der Waals surface area contributed by atoms with Crippen LogP contribution in [0.5, 0.6) is 0 Å². The second kappa shape index (κ2) is 5.19. The van der Waals surface area contributed by atoms with Crippen LogP contribution in [0.4, 0.5) is 0 Å². The average Bonchev–Trinajstić information content (AvgIpc) is 2.29. The molecule has 0 radical (unpaired) electrons. The van der Waals surface area contributed by atoms with Crippen molar-refractivity contribution in [3.8, 4) is 0 Å². The Morgan fingerprint density at radius 3 is 2.00 bits per heavy atom. The molecule has 0 heterocycles. The van der Waals surface area contributed by atoms with Crippen LogP contribution in [-0.2, 0) is 14.3 Å². The van der Waals surface area contributed by atoms with E-state index in [-0.39, 0.29) is 17.2 Å². The molecule has 0 aromatic carbocycles. The van der Waals surface area contributed by atoms with Gasteiger partial charge in [-0.25, -0.2) is 0 Å². The van der Waals surface area contributed by atoms with Crippen LogP contribution in [-0.4, -0.2) is 18.9 Å². The lowest BCUT2D eigenvalue weighted by Gasteiger charge is -2.53. The molecule has 1 fully saturated rings. The van der Waals surface area contributed by atoms with Gasteiger partial charge in [0.1, 0.15) is 11.2 Å². The van der Waals surface area contributed by atoms with Crippen molar-refractivity contribution in [1.82, 2.24) is 0 Å². The maximum Gasteiger partial charge on any atom is 0.319 e. The maximum atomic E-state index is 12.2. The van der Waals surface area contributed by atoms with Crippen molar-refractivity contribution in [3.05, 3.63) is 0 Å². The summed E-state index contributed by atoms with van der Waals surface area (Å²) in [7, 11) is 1.38. The van der Waals surface area contributed by atoms with Crippen LogP contribution >= 0.6 is 0 Å². The van der Waals surface area contributed by atoms with Crippen molar-refractivity contribution < 1.29 is 14.3 Å². The number of esters is 1. The second-order valence-electron chi connectivity index (χ2n) is 5.31. The van der Waals surface area contributed by atoms with E-state index in [9.17, 15) is 9.59 Å². The summed E-state index contributed by atoms with van der Waals surface area (Å²) in [5.74, 6) is -0.252. The molecule has 0 spiro atoms. The Hall–Kier alpha value is -0.860. The third-order valence-corrected chi connectivity index (χ3v) is 4.44. The predicted molar refractivity (Wildman–Crippen MR) is 66.6 cm³/mol. The van der Waals surface area contributed by atoms with Crippen LogP contribution in [0.1, 0.15) is 59.3 Å². The normalized spacial score (nSPS) is 20.5. The van der Waals surface area contributed by atoms with Gasteiger partial charge >= 0.3 is 5.97 Å². The number of methoxy groups -OCH3 is 1. The van der Waals surface area contributed by atoms with Gasteiger partial charge in [-0.2, -0.15) is 0 Å². The molecule has 98 valence electrons. The van der Waals surface area contributed by atoms with Crippen molar-refractivity contribution >= 4 is 11.8 Å². The number of carbonyl (C=O) groups excluding carboxylic acids is 2. The fraction of sp³-hybridized carbons (Fsp3) is 0.857. The van der Waals surface area contributed by atoms with Crippen molar-refractivity contribution in [3.63, 3.8) is 0 Å². The molecule has 3 nitrogen and oxygen atoms in total. The molecule has 0 aliphatic heterocycles. The van der Waals surface area contributed by atoms with E-state index in [1.165, 1.54) is 7.11 Å². The van der Waals surface area contributed by atoms with E-state index in [0.29, 0.717) is 19.3 Å². The van der Waals surface area contributed by atoms with E-state index in [2.05, 4.69) is 13.8 Å². The molecule has 0 aromatic rings. The van der Waals surface area contributed by atoms with E-state index in [4.69, 9.17) is 4.74 Å². The van der Waals surface area contributed by atoms with Crippen LogP contribution in [0.3, 0.4) is 0 Å². The van der Waals surface area contributed by atoms with E-state index in [1.54, 1.807) is 0 Å². The number of ketones is 1. The van der Waals surface area contributed by atoms with Gasteiger partial charge in [0, 0.05) is 6.42 Å². The zero-order valence-electron chi connectivity index (χ0n) is 11.5. The SMILES string of the molecule is CCCC(=O)C1(C(=O)OC)CC(CC)(CC)C1. The molecule has 0 saturated heterocycles. The van der Waals surface area contributed by atoms with Crippen LogP contribution in [0, 0.1) is 10.8 Å². The molecule has 0 unspecified atom stereocenters. The highest BCUT2D eigenvalue weighted by molar-refractivity contribution is 6.05. The largest absolute Gasteiger partial charge is 0.468 e. The summed E-state index contributed by atoms with van der Waals surface area (Å²) < 4.78 is 4.85. The molecule has 0 bridgehead atoms. The molecule has 1 saturated carbocycles. The molecule has 3 heteroatoms. The molecule has 1 aliphatic carbocycles. The first-order valence-corrected chi connectivity index (χ1v) is 6.62. The van der Waals surface area contributed by atoms with E-state index < -0.39 is 5.41 Å². The number of carbonyl (C=O) groups is 2. The molecule has 0 aromatic heterocycles. The molecular formula is C14H24O3. The minimum absolute atomic E-state index is 0.0735. The van der Waals surface area contributed by atoms with Crippen LogP contribution < -0.4 is 0 Å². The third-order valence-electron chi connectivity index (χ3n) is 4.44. The van der Waals surface area contributed by atoms with Crippen molar-refractivity contribution in [2.45, 2.75) is 59.3 Å². The summed E-state index contributed by atoms with van der Waals surface area (Å²) in [6.07, 6.45) is 4.70. The monoisotopic (exact) mass is 240 g/mol. The second-order valence-corrected chi connectivity index (χ2v) is 5.31. The maximum absolute atomic E-state index is 12.2. The molecule has 0 amide bonds. The van der Waals surface area contributed by atoms with Gasteiger partial charge in [-0.1, -0.05) is 33.6 Å². The van der Waals surface area contributed by atoms with Crippen LogP contribution in [0.25, 0.3) is 0 Å². The van der Waals surface area contributed by atoms with Gasteiger partial charge in [0.25, 0.3) is 0 Å². The zero-order valence-corrected chi connectivity index (χ0v) is 11.5.